The molecular formula is C19H22N2O2. The molecule has 1 aliphatic rings. The van der Waals surface area contributed by atoms with Crippen molar-refractivity contribution in [2.75, 3.05) is 0 Å². The fourth-order valence-corrected chi connectivity index (χ4v) is 2.38. The van der Waals surface area contributed by atoms with Gasteiger partial charge in [0.05, 0.1) is 6.10 Å². The molecule has 1 aliphatic carbocycles. The molecule has 0 spiro atoms. The summed E-state index contributed by atoms with van der Waals surface area (Å²) in [5.41, 5.74) is 3.71. The molecule has 0 unspecified atom stereocenters. The van der Waals surface area contributed by atoms with Crippen molar-refractivity contribution in [1.82, 2.24) is 10.3 Å². The van der Waals surface area contributed by atoms with Crippen LogP contribution in [-0.4, -0.2) is 23.0 Å². The Balaban J connectivity index is 1.86. The Morgan fingerprint density at radius 3 is 2.57 bits per heavy atom. The number of amides is 1. The number of nitrogens with one attached hydrogen (secondary N) is 1. The van der Waals surface area contributed by atoms with Crippen LogP contribution in [0.2, 0.25) is 0 Å². The maximum Gasteiger partial charge on any atom is 0.251 e. The van der Waals surface area contributed by atoms with E-state index in [1.54, 1.807) is 6.20 Å². The van der Waals surface area contributed by atoms with Gasteiger partial charge in [-0.1, -0.05) is 12.1 Å². The molecule has 1 saturated carbocycles. The van der Waals surface area contributed by atoms with Gasteiger partial charge in [-0.2, -0.15) is 0 Å². The molecule has 2 aromatic rings. The first-order valence-corrected chi connectivity index (χ1v) is 8.07. The second-order valence-corrected chi connectivity index (χ2v) is 6.36. The lowest BCUT2D eigenvalue weighted by molar-refractivity contribution is 0.0951. The lowest BCUT2D eigenvalue weighted by atomic mass is 10.0. The molecule has 3 rings (SSSR count). The van der Waals surface area contributed by atoms with Gasteiger partial charge in [0.1, 0.15) is 0 Å². The molecule has 0 radical (unpaired) electrons. The molecule has 1 fully saturated rings. The first-order valence-electron chi connectivity index (χ1n) is 8.07. The van der Waals surface area contributed by atoms with Crippen molar-refractivity contribution in [3.63, 3.8) is 0 Å². The van der Waals surface area contributed by atoms with Gasteiger partial charge in [0.15, 0.2) is 0 Å². The molecule has 23 heavy (non-hydrogen) atoms. The van der Waals surface area contributed by atoms with E-state index in [2.05, 4.69) is 16.4 Å². The summed E-state index contributed by atoms with van der Waals surface area (Å²) in [7, 11) is 0. The zero-order valence-electron chi connectivity index (χ0n) is 13.8. The van der Waals surface area contributed by atoms with Gasteiger partial charge in [0.25, 0.3) is 5.91 Å². The Morgan fingerprint density at radius 1 is 1.26 bits per heavy atom. The Morgan fingerprint density at radius 2 is 1.96 bits per heavy atom. The Kier molecular flexibility index (Phi) is 4.33. The third kappa shape index (κ3) is 3.89. The highest BCUT2D eigenvalue weighted by molar-refractivity contribution is 5.95. The third-order valence-corrected chi connectivity index (χ3v) is 3.71. The molecule has 1 aromatic heterocycles. The van der Waals surface area contributed by atoms with Crippen molar-refractivity contribution in [3.05, 3.63) is 47.7 Å². The maximum absolute atomic E-state index is 12.1. The van der Waals surface area contributed by atoms with Gasteiger partial charge in [0, 0.05) is 23.4 Å². The van der Waals surface area contributed by atoms with Crippen molar-refractivity contribution in [2.45, 2.75) is 45.8 Å². The van der Waals surface area contributed by atoms with E-state index in [0.29, 0.717) is 17.5 Å². The number of ether oxygens (including phenoxy) is 1. The van der Waals surface area contributed by atoms with E-state index in [1.807, 2.05) is 45.0 Å². The molecule has 0 aliphatic heterocycles. The number of hydrogen-bond donors (Lipinski definition) is 1. The van der Waals surface area contributed by atoms with Gasteiger partial charge < -0.3 is 10.1 Å². The lowest BCUT2D eigenvalue weighted by Gasteiger charge is -2.14. The van der Waals surface area contributed by atoms with Gasteiger partial charge in [-0.25, -0.2) is 4.98 Å². The first-order chi connectivity index (χ1) is 11.0. The summed E-state index contributed by atoms with van der Waals surface area (Å²) < 4.78 is 5.80. The van der Waals surface area contributed by atoms with Crippen LogP contribution < -0.4 is 10.1 Å². The summed E-state index contributed by atoms with van der Waals surface area (Å²) in [5, 5.41) is 3.00. The molecular weight excluding hydrogens is 288 g/mol. The average Bonchev–Trinajstić information content (AvgIpc) is 3.33. The second-order valence-electron chi connectivity index (χ2n) is 6.36. The van der Waals surface area contributed by atoms with E-state index in [4.69, 9.17) is 4.74 Å². The molecule has 0 atom stereocenters. The minimum Gasteiger partial charge on any atom is -0.475 e. The van der Waals surface area contributed by atoms with Gasteiger partial charge in [0.2, 0.25) is 5.88 Å². The zero-order valence-corrected chi connectivity index (χ0v) is 13.8. The number of aromatic nitrogens is 1. The summed E-state index contributed by atoms with van der Waals surface area (Å²) in [5.74, 6) is 0.626. The number of pyridine rings is 1. The summed E-state index contributed by atoms with van der Waals surface area (Å²) >= 11 is 0. The normalized spacial score (nSPS) is 13.9. The number of nitrogens with zero attached hydrogens (tertiary/aromatic N) is 1. The van der Waals surface area contributed by atoms with Crippen molar-refractivity contribution in [2.24, 2.45) is 0 Å². The average molecular weight is 310 g/mol. The molecule has 0 saturated heterocycles. The monoisotopic (exact) mass is 310 g/mol. The van der Waals surface area contributed by atoms with Gasteiger partial charge in [-0.15, -0.1) is 0 Å². The second kappa shape index (κ2) is 6.41. The van der Waals surface area contributed by atoms with Crippen LogP contribution in [0.15, 0.2) is 36.5 Å². The van der Waals surface area contributed by atoms with E-state index in [9.17, 15) is 4.79 Å². The predicted molar refractivity (Wildman–Crippen MR) is 90.7 cm³/mol. The molecule has 1 amide bonds. The van der Waals surface area contributed by atoms with Crippen molar-refractivity contribution < 1.29 is 9.53 Å². The highest BCUT2D eigenvalue weighted by Gasteiger charge is 2.23. The van der Waals surface area contributed by atoms with E-state index in [1.165, 1.54) is 0 Å². The summed E-state index contributed by atoms with van der Waals surface area (Å²) in [4.78, 5) is 16.5. The standard InChI is InChI=1S/C19H22N2O2/c1-12(2)23-19-17(10-13(3)11-20-19)14-4-6-15(7-5-14)18(22)21-16-8-9-16/h4-7,10-12,16H,8-9H2,1-3H3,(H,21,22). The van der Waals surface area contributed by atoms with E-state index < -0.39 is 0 Å². The van der Waals surface area contributed by atoms with Crippen molar-refractivity contribution >= 4 is 5.91 Å². The van der Waals surface area contributed by atoms with Gasteiger partial charge in [-0.3, -0.25) is 4.79 Å². The van der Waals surface area contributed by atoms with Crippen LogP contribution in [-0.2, 0) is 0 Å². The van der Waals surface area contributed by atoms with Crippen molar-refractivity contribution in [1.29, 1.82) is 0 Å². The number of rotatable bonds is 5. The fourth-order valence-electron chi connectivity index (χ4n) is 2.38. The van der Waals surface area contributed by atoms with Crippen LogP contribution in [0.4, 0.5) is 0 Å². The SMILES string of the molecule is Cc1cnc(OC(C)C)c(-c2ccc(C(=O)NC3CC3)cc2)c1. The Bertz CT molecular complexity index is 704. The summed E-state index contributed by atoms with van der Waals surface area (Å²) in [6.45, 7) is 5.97. The van der Waals surface area contributed by atoms with Crippen LogP contribution in [0.25, 0.3) is 11.1 Å². The summed E-state index contributed by atoms with van der Waals surface area (Å²) in [6.07, 6.45) is 4.05. The maximum atomic E-state index is 12.1. The molecule has 4 nitrogen and oxygen atoms in total. The first kappa shape index (κ1) is 15.5. The Labute approximate surface area is 136 Å². The number of benzene rings is 1. The highest BCUT2D eigenvalue weighted by atomic mass is 16.5. The van der Waals surface area contributed by atoms with Gasteiger partial charge in [-0.05, 0) is 62.9 Å². The molecule has 120 valence electrons. The molecule has 1 aromatic carbocycles. The largest absolute Gasteiger partial charge is 0.475 e. The number of carbonyl (C=O) groups excluding carboxylic acids is 1. The zero-order chi connectivity index (χ0) is 16.4. The van der Waals surface area contributed by atoms with Crippen LogP contribution >= 0.6 is 0 Å². The lowest BCUT2D eigenvalue weighted by Crippen LogP contribution is -2.25. The van der Waals surface area contributed by atoms with Crippen molar-refractivity contribution in [3.8, 4) is 17.0 Å². The molecule has 1 heterocycles. The van der Waals surface area contributed by atoms with Crippen LogP contribution in [0.1, 0.15) is 42.6 Å². The molecule has 0 bridgehead atoms. The quantitative estimate of drug-likeness (QED) is 0.915. The van der Waals surface area contributed by atoms with Gasteiger partial charge >= 0.3 is 0 Å². The number of carbonyl (C=O) groups is 1. The van der Waals surface area contributed by atoms with Crippen LogP contribution in [0, 0.1) is 6.92 Å². The molecule has 1 N–H and O–H groups in total. The Hall–Kier alpha value is -2.36. The van der Waals surface area contributed by atoms with E-state index >= 15 is 0 Å². The third-order valence-electron chi connectivity index (χ3n) is 3.71. The fraction of sp³-hybridized carbons (Fsp3) is 0.368. The minimum absolute atomic E-state index is 0.0000658. The number of hydrogen-bond acceptors (Lipinski definition) is 3. The van der Waals surface area contributed by atoms with E-state index in [-0.39, 0.29) is 12.0 Å². The topological polar surface area (TPSA) is 51.2 Å². The minimum atomic E-state index is 0.0000658. The molecule has 4 heteroatoms. The van der Waals surface area contributed by atoms with E-state index in [0.717, 1.165) is 29.5 Å². The van der Waals surface area contributed by atoms with Crippen LogP contribution in [0.3, 0.4) is 0 Å². The smallest absolute Gasteiger partial charge is 0.251 e. The number of aryl methyl sites for hydroxylation is 1. The van der Waals surface area contributed by atoms with Crippen LogP contribution in [0.5, 0.6) is 5.88 Å². The predicted octanol–water partition coefficient (Wildman–Crippen LogP) is 3.74. The highest BCUT2D eigenvalue weighted by Crippen LogP contribution is 2.30. The summed E-state index contributed by atoms with van der Waals surface area (Å²) in [6, 6.07) is 10.0.